The van der Waals surface area contributed by atoms with E-state index < -0.39 is 11.4 Å². The zero-order valence-electron chi connectivity index (χ0n) is 15.0. The van der Waals surface area contributed by atoms with Crippen LogP contribution in [-0.4, -0.2) is 60.9 Å². The minimum atomic E-state index is -0.479. The number of nitrogens with zero attached hydrogens (tertiary/aromatic N) is 2. The summed E-state index contributed by atoms with van der Waals surface area (Å²) in [6.07, 6.45) is 2.49. The summed E-state index contributed by atoms with van der Waals surface area (Å²) in [6.45, 7) is 1.26. The number of carbonyl (C=O) groups excluding carboxylic acids is 2. The molecule has 0 aromatic heterocycles. The normalized spacial score (nSPS) is 17.6. The Morgan fingerprint density at radius 1 is 1.15 bits per heavy atom. The van der Waals surface area contributed by atoms with Crippen molar-refractivity contribution in [3.8, 4) is 5.75 Å². The van der Waals surface area contributed by atoms with Crippen LogP contribution in [-0.2, 0) is 19.7 Å². The van der Waals surface area contributed by atoms with Crippen molar-refractivity contribution in [2.45, 2.75) is 24.7 Å². The highest BCUT2D eigenvalue weighted by molar-refractivity contribution is 7.80. The number of esters is 1. The van der Waals surface area contributed by atoms with Crippen molar-refractivity contribution in [3.63, 3.8) is 0 Å². The lowest BCUT2D eigenvalue weighted by Crippen LogP contribution is -2.52. The highest BCUT2D eigenvalue weighted by Gasteiger charge is 2.54. The van der Waals surface area contributed by atoms with Crippen LogP contribution in [0.1, 0.15) is 24.8 Å². The van der Waals surface area contributed by atoms with Gasteiger partial charge in [-0.15, -0.1) is 0 Å². The van der Waals surface area contributed by atoms with Crippen molar-refractivity contribution in [2.24, 2.45) is 0 Å². The summed E-state index contributed by atoms with van der Waals surface area (Å²) in [5.74, 6) is 0.427. The van der Waals surface area contributed by atoms with Crippen LogP contribution < -0.4 is 10.1 Å². The van der Waals surface area contributed by atoms with E-state index in [1.165, 1.54) is 7.11 Å². The molecule has 0 spiro atoms. The molecule has 7 nitrogen and oxygen atoms in total. The van der Waals surface area contributed by atoms with Crippen LogP contribution in [0, 0.1) is 0 Å². The molecular formula is C18H23N3O4S. The Kier molecular flexibility index (Phi) is 5.31. The van der Waals surface area contributed by atoms with Crippen LogP contribution in [0.5, 0.6) is 5.75 Å². The van der Waals surface area contributed by atoms with Gasteiger partial charge in [0.2, 0.25) is 0 Å². The fourth-order valence-corrected chi connectivity index (χ4v) is 3.52. The molecule has 0 radical (unpaired) electrons. The molecule has 2 aliphatic rings. The topological polar surface area (TPSA) is 71.1 Å². The van der Waals surface area contributed by atoms with E-state index in [2.05, 4.69) is 10.1 Å². The molecule has 3 rings (SSSR count). The summed E-state index contributed by atoms with van der Waals surface area (Å²) in [6, 6.07) is 7.68. The van der Waals surface area contributed by atoms with E-state index >= 15 is 0 Å². The van der Waals surface area contributed by atoms with E-state index in [1.807, 2.05) is 24.3 Å². The molecule has 1 N–H and O–H groups in total. The average Bonchev–Trinajstić information content (AvgIpc) is 3.34. The number of hydrazine groups is 1. The molecular weight excluding hydrogens is 354 g/mol. The third kappa shape index (κ3) is 3.46. The molecule has 1 aromatic rings. The van der Waals surface area contributed by atoms with Gasteiger partial charge in [0.1, 0.15) is 12.3 Å². The summed E-state index contributed by atoms with van der Waals surface area (Å²) >= 11 is 5.37. The van der Waals surface area contributed by atoms with Crippen LogP contribution in [0.2, 0.25) is 0 Å². The van der Waals surface area contributed by atoms with Crippen molar-refractivity contribution >= 4 is 29.2 Å². The third-order valence-electron chi connectivity index (χ3n) is 4.91. The van der Waals surface area contributed by atoms with Gasteiger partial charge in [-0.2, -0.15) is 0 Å². The predicted octanol–water partition coefficient (Wildman–Crippen LogP) is 1.22. The molecule has 26 heavy (non-hydrogen) atoms. The molecule has 1 saturated heterocycles. The second-order valence-corrected chi connectivity index (χ2v) is 6.84. The molecule has 1 heterocycles. The fourth-order valence-electron chi connectivity index (χ4n) is 3.25. The molecule has 8 heteroatoms. The van der Waals surface area contributed by atoms with Crippen LogP contribution in [0.25, 0.3) is 0 Å². The van der Waals surface area contributed by atoms with Crippen LogP contribution in [0.4, 0.5) is 0 Å². The van der Waals surface area contributed by atoms with Crippen molar-refractivity contribution in [3.05, 3.63) is 29.8 Å². The number of ether oxygens (including phenoxy) is 2. The van der Waals surface area contributed by atoms with Crippen molar-refractivity contribution in [2.75, 3.05) is 33.9 Å². The largest absolute Gasteiger partial charge is 0.497 e. The van der Waals surface area contributed by atoms with E-state index in [0.717, 1.165) is 30.6 Å². The number of carbonyl (C=O) groups is 2. The lowest BCUT2D eigenvalue weighted by atomic mass is 9.94. The van der Waals surface area contributed by atoms with Gasteiger partial charge < -0.3 is 14.8 Å². The van der Waals surface area contributed by atoms with Gasteiger partial charge in [0.05, 0.1) is 19.6 Å². The standard InChI is InChI=1S/C18H23N3O4S/c1-24-14-6-4-13(5-7-14)18(8-9-18)16(23)20-10-3-11-21(20)17(26)19-12-15(22)25-2/h4-7H,3,8-12H2,1-2H3,(H,19,26). The van der Waals surface area contributed by atoms with Crippen molar-refractivity contribution in [1.29, 1.82) is 0 Å². The Balaban J connectivity index is 1.71. The first-order valence-corrected chi connectivity index (χ1v) is 9.01. The first kappa shape index (κ1) is 18.4. The minimum absolute atomic E-state index is 0.0164. The van der Waals surface area contributed by atoms with Crippen molar-refractivity contribution in [1.82, 2.24) is 15.3 Å². The van der Waals surface area contributed by atoms with Gasteiger partial charge in [0, 0.05) is 13.1 Å². The lowest BCUT2D eigenvalue weighted by molar-refractivity contribution is -0.141. The van der Waals surface area contributed by atoms with Crippen LogP contribution in [0.3, 0.4) is 0 Å². The molecule has 1 saturated carbocycles. The first-order valence-electron chi connectivity index (χ1n) is 8.60. The molecule has 140 valence electrons. The maximum atomic E-state index is 13.3. The maximum Gasteiger partial charge on any atom is 0.325 e. The molecule has 0 unspecified atom stereocenters. The van der Waals surface area contributed by atoms with E-state index in [4.69, 9.17) is 17.0 Å². The van der Waals surface area contributed by atoms with Gasteiger partial charge in [-0.25, -0.2) is 0 Å². The number of rotatable bonds is 5. The van der Waals surface area contributed by atoms with Gasteiger partial charge in [0.15, 0.2) is 5.11 Å². The molecule has 1 aromatic carbocycles. The predicted molar refractivity (Wildman–Crippen MR) is 99.6 cm³/mol. The molecule has 0 bridgehead atoms. The second kappa shape index (κ2) is 7.49. The quantitative estimate of drug-likeness (QED) is 0.611. The summed E-state index contributed by atoms with van der Waals surface area (Å²) in [4.78, 5) is 24.6. The number of nitrogens with one attached hydrogen (secondary N) is 1. The number of thiocarbonyl (C=S) groups is 1. The monoisotopic (exact) mass is 377 g/mol. The molecule has 1 amide bonds. The van der Waals surface area contributed by atoms with Gasteiger partial charge in [-0.05, 0) is 49.2 Å². The Morgan fingerprint density at radius 2 is 1.81 bits per heavy atom. The van der Waals surface area contributed by atoms with Gasteiger partial charge >= 0.3 is 5.97 Å². The molecule has 1 aliphatic carbocycles. The summed E-state index contributed by atoms with van der Waals surface area (Å²) in [5, 5.41) is 6.69. The van der Waals surface area contributed by atoms with Gasteiger partial charge in [0.25, 0.3) is 5.91 Å². The maximum absolute atomic E-state index is 13.3. The summed E-state index contributed by atoms with van der Waals surface area (Å²) in [7, 11) is 2.95. The Morgan fingerprint density at radius 3 is 2.38 bits per heavy atom. The lowest BCUT2D eigenvalue weighted by Gasteiger charge is -2.33. The van der Waals surface area contributed by atoms with Gasteiger partial charge in [-0.1, -0.05) is 12.1 Å². The number of hydrogen-bond acceptors (Lipinski definition) is 5. The highest BCUT2D eigenvalue weighted by Crippen LogP contribution is 2.50. The molecule has 1 aliphatic heterocycles. The fraction of sp³-hybridized carbons (Fsp3) is 0.500. The van der Waals surface area contributed by atoms with E-state index in [1.54, 1.807) is 17.1 Å². The Bertz CT molecular complexity index is 703. The second-order valence-electron chi connectivity index (χ2n) is 6.45. The summed E-state index contributed by atoms with van der Waals surface area (Å²) < 4.78 is 9.81. The van der Waals surface area contributed by atoms with Crippen LogP contribution >= 0.6 is 12.2 Å². The average molecular weight is 377 g/mol. The summed E-state index contributed by atoms with van der Waals surface area (Å²) in [5.41, 5.74) is 0.524. The smallest absolute Gasteiger partial charge is 0.325 e. The van der Waals surface area contributed by atoms with Crippen LogP contribution in [0.15, 0.2) is 24.3 Å². The Labute approximate surface area is 158 Å². The van der Waals surface area contributed by atoms with Gasteiger partial charge in [-0.3, -0.25) is 19.6 Å². The van der Waals surface area contributed by atoms with E-state index in [0.29, 0.717) is 18.2 Å². The highest BCUT2D eigenvalue weighted by atomic mass is 32.1. The zero-order chi connectivity index (χ0) is 18.7. The molecule has 0 atom stereocenters. The first-order chi connectivity index (χ1) is 12.5. The minimum Gasteiger partial charge on any atom is -0.497 e. The number of methoxy groups -OCH3 is 2. The zero-order valence-corrected chi connectivity index (χ0v) is 15.8. The number of amides is 1. The van der Waals surface area contributed by atoms with E-state index in [-0.39, 0.29) is 12.5 Å². The third-order valence-corrected chi connectivity index (χ3v) is 5.27. The molecule has 2 fully saturated rings. The Hall–Kier alpha value is -2.35. The van der Waals surface area contributed by atoms with Crippen molar-refractivity contribution < 1.29 is 19.1 Å². The SMILES string of the molecule is COC(=O)CNC(=S)N1CCCN1C(=O)C1(c2ccc(OC)cc2)CC1. The number of hydrogen-bond donors (Lipinski definition) is 1. The van der Waals surface area contributed by atoms with E-state index in [9.17, 15) is 9.59 Å². The number of benzene rings is 1.